The summed E-state index contributed by atoms with van der Waals surface area (Å²) in [4.78, 5) is 11.2. The summed E-state index contributed by atoms with van der Waals surface area (Å²) in [5.41, 5.74) is 2.02. The molecular formula is C17H22Cl2N4. The van der Waals surface area contributed by atoms with Crippen molar-refractivity contribution in [2.45, 2.75) is 27.2 Å². The van der Waals surface area contributed by atoms with Gasteiger partial charge in [-0.1, -0.05) is 29.3 Å². The molecule has 1 aromatic carbocycles. The second kappa shape index (κ2) is 8.37. The molecule has 0 radical (unpaired) electrons. The molecule has 0 atom stereocenters. The van der Waals surface area contributed by atoms with E-state index in [4.69, 9.17) is 23.2 Å². The molecule has 124 valence electrons. The third-order valence-corrected chi connectivity index (χ3v) is 4.19. The van der Waals surface area contributed by atoms with E-state index in [0.29, 0.717) is 10.0 Å². The fourth-order valence-electron chi connectivity index (χ4n) is 2.34. The van der Waals surface area contributed by atoms with Crippen LogP contribution in [0, 0.1) is 6.92 Å². The Morgan fingerprint density at radius 2 is 1.83 bits per heavy atom. The van der Waals surface area contributed by atoms with Crippen molar-refractivity contribution in [2.75, 3.05) is 29.9 Å². The first-order valence-corrected chi connectivity index (χ1v) is 8.57. The molecule has 0 saturated heterocycles. The van der Waals surface area contributed by atoms with Gasteiger partial charge in [0.05, 0.1) is 0 Å². The maximum atomic E-state index is 6.20. The van der Waals surface area contributed by atoms with Crippen LogP contribution in [0.2, 0.25) is 10.0 Å². The number of hydrogen-bond acceptors (Lipinski definition) is 4. The SMILES string of the molecule is CCN(CC)c1nc(C)cc(NCCc2ccc(Cl)cc2Cl)n1. The molecule has 0 bridgehead atoms. The molecule has 23 heavy (non-hydrogen) atoms. The van der Waals surface area contributed by atoms with Gasteiger partial charge in [0.2, 0.25) is 5.95 Å². The summed E-state index contributed by atoms with van der Waals surface area (Å²) in [5, 5.41) is 4.70. The number of aryl methyl sites for hydroxylation is 1. The fraction of sp³-hybridized carbons (Fsp3) is 0.412. The first-order chi connectivity index (χ1) is 11.0. The van der Waals surface area contributed by atoms with Crippen molar-refractivity contribution in [3.8, 4) is 0 Å². The molecule has 0 unspecified atom stereocenters. The Kier molecular flexibility index (Phi) is 6.48. The number of hydrogen-bond donors (Lipinski definition) is 1. The van der Waals surface area contributed by atoms with Gasteiger partial charge in [-0.25, -0.2) is 4.98 Å². The molecule has 0 spiro atoms. The highest BCUT2D eigenvalue weighted by molar-refractivity contribution is 6.35. The summed E-state index contributed by atoms with van der Waals surface area (Å²) < 4.78 is 0. The highest BCUT2D eigenvalue weighted by atomic mass is 35.5. The van der Waals surface area contributed by atoms with Crippen molar-refractivity contribution in [1.29, 1.82) is 0 Å². The Hall–Kier alpha value is -1.52. The van der Waals surface area contributed by atoms with Crippen LogP contribution in [0.5, 0.6) is 0 Å². The Morgan fingerprint density at radius 3 is 2.48 bits per heavy atom. The lowest BCUT2D eigenvalue weighted by atomic mass is 10.1. The second-order valence-electron chi connectivity index (χ2n) is 5.28. The van der Waals surface area contributed by atoms with Crippen LogP contribution in [0.25, 0.3) is 0 Å². The van der Waals surface area contributed by atoms with Gasteiger partial charge in [0.1, 0.15) is 5.82 Å². The fourth-order valence-corrected chi connectivity index (χ4v) is 2.84. The quantitative estimate of drug-likeness (QED) is 0.790. The largest absolute Gasteiger partial charge is 0.370 e. The molecule has 2 aromatic rings. The molecule has 0 saturated carbocycles. The summed E-state index contributed by atoms with van der Waals surface area (Å²) in [6, 6.07) is 7.54. The van der Waals surface area contributed by atoms with Crippen molar-refractivity contribution in [2.24, 2.45) is 0 Å². The monoisotopic (exact) mass is 352 g/mol. The number of anilines is 2. The standard InChI is InChI=1S/C17H22Cl2N4/c1-4-23(5-2)17-21-12(3)10-16(22-17)20-9-8-13-6-7-14(18)11-15(13)19/h6-7,10-11H,4-5,8-9H2,1-3H3,(H,20,21,22). The minimum absolute atomic E-state index is 0.655. The maximum Gasteiger partial charge on any atom is 0.227 e. The molecule has 1 heterocycles. The number of nitrogens with zero attached hydrogens (tertiary/aromatic N) is 3. The van der Waals surface area contributed by atoms with Gasteiger partial charge in [-0.3, -0.25) is 0 Å². The summed E-state index contributed by atoms with van der Waals surface area (Å²) in [7, 11) is 0. The molecule has 0 fully saturated rings. The maximum absolute atomic E-state index is 6.20. The molecule has 0 amide bonds. The molecule has 6 heteroatoms. The number of aromatic nitrogens is 2. The summed E-state index contributed by atoms with van der Waals surface area (Å²) in [5.74, 6) is 1.60. The van der Waals surface area contributed by atoms with E-state index in [1.54, 1.807) is 6.07 Å². The van der Waals surface area contributed by atoms with E-state index in [2.05, 4.69) is 34.0 Å². The topological polar surface area (TPSA) is 41.1 Å². The summed E-state index contributed by atoms with van der Waals surface area (Å²) in [6.07, 6.45) is 0.805. The highest BCUT2D eigenvalue weighted by Gasteiger charge is 2.08. The number of benzene rings is 1. The van der Waals surface area contributed by atoms with Crippen LogP contribution in [-0.4, -0.2) is 29.6 Å². The van der Waals surface area contributed by atoms with E-state index in [1.807, 2.05) is 25.1 Å². The Morgan fingerprint density at radius 1 is 1.09 bits per heavy atom. The first kappa shape index (κ1) is 17.8. The minimum Gasteiger partial charge on any atom is -0.370 e. The average Bonchev–Trinajstić information content (AvgIpc) is 2.50. The third-order valence-electron chi connectivity index (χ3n) is 3.60. The van der Waals surface area contributed by atoms with Gasteiger partial charge < -0.3 is 10.2 Å². The van der Waals surface area contributed by atoms with Gasteiger partial charge in [0, 0.05) is 41.4 Å². The normalized spacial score (nSPS) is 10.7. The van der Waals surface area contributed by atoms with Crippen LogP contribution in [0.15, 0.2) is 24.3 Å². The van der Waals surface area contributed by atoms with E-state index < -0.39 is 0 Å². The zero-order valence-corrected chi connectivity index (χ0v) is 15.2. The van der Waals surface area contributed by atoms with Crippen molar-refractivity contribution in [3.05, 3.63) is 45.6 Å². The predicted molar refractivity (Wildman–Crippen MR) is 99.0 cm³/mol. The predicted octanol–water partition coefficient (Wildman–Crippen LogP) is 4.59. The Balaban J connectivity index is 2.02. The van der Waals surface area contributed by atoms with Gasteiger partial charge in [-0.05, 0) is 44.9 Å². The molecule has 0 aliphatic carbocycles. The molecule has 0 aliphatic heterocycles. The van der Waals surface area contributed by atoms with Crippen LogP contribution < -0.4 is 10.2 Å². The summed E-state index contributed by atoms with van der Waals surface area (Å²) in [6.45, 7) is 8.71. The number of halogens is 2. The smallest absolute Gasteiger partial charge is 0.227 e. The second-order valence-corrected chi connectivity index (χ2v) is 6.12. The van der Waals surface area contributed by atoms with Crippen LogP contribution in [0.3, 0.4) is 0 Å². The zero-order valence-electron chi connectivity index (χ0n) is 13.7. The Labute approximate surface area is 147 Å². The molecule has 1 N–H and O–H groups in total. The molecule has 0 aliphatic rings. The summed E-state index contributed by atoms with van der Waals surface area (Å²) >= 11 is 12.1. The van der Waals surface area contributed by atoms with E-state index in [1.165, 1.54) is 0 Å². The molecular weight excluding hydrogens is 331 g/mol. The van der Waals surface area contributed by atoms with Crippen molar-refractivity contribution in [1.82, 2.24) is 9.97 Å². The van der Waals surface area contributed by atoms with Crippen molar-refractivity contribution < 1.29 is 0 Å². The average molecular weight is 353 g/mol. The van der Waals surface area contributed by atoms with Gasteiger partial charge in [-0.2, -0.15) is 4.98 Å². The van der Waals surface area contributed by atoms with E-state index in [-0.39, 0.29) is 0 Å². The molecule has 4 nitrogen and oxygen atoms in total. The minimum atomic E-state index is 0.655. The Bertz CT molecular complexity index is 657. The lowest BCUT2D eigenvalue weighted by molar-refractivity contribution is 0.815. The van der Waals surface area contributed by atoms with Gasteiger partial charge in [-0.15, -0.1) is 0 Å². The van der Waals surface area contributed by atoms with E-state index in [9.17, 15) is 0 Å². The molecule has 2 rings (SSSR count). The number of nitrogens with one attached hydrogen (secondary N) is 1. The van der Waals surface area contributed by atoms with Gasteiger partial charge in [0.15, 0.2) is 0 Å². The van der Waals surface area contributed by atoms with Gasteiger partial charge >= 0.3 is 0 Å². The third kappa shape index (κ3) is 4.98. The lowest BCUT2D eigenvalue weighted by Crippen LogP contribution is -2.25. The zero-order chi connectivity index (χ0) is 16.8. The van der Waals surface area contributed by atoms with E-state index >= 15 is 0 Å². The van der Waals surface area contributed by atoms with Crippen molar-refractivity contribution in [3.63, 3.8) is 0 Å². The first-order valence-electron chi connectivity index (χ1n) is 7.82. The number of rotatable bonds is 7. The van der Waals surface area contributed by atoms with Gasteiger partial charge in [0.25, 0.3) is 0 Å². The lowest BCUT2D eigenvalue weighted by Gasteiger charge is -2.19. The van der Waals surface area contributed by atoms with Crippen LogP contribution >= 0.6 is 23.2 Å². The van der Waals surface area contributed by atoms with E-state index in [0.717, 1.165) is 49.1 Å². The van der Waals surface area contributed by atoms with Crippen LogP contribution in [-0.2, 0) is 6.42 Å². The van der Waals surface area contributed by atoms with Crippen LogP contribution in [0.4, 0.5) is 11.8 Å². The van der Waals surface area contributed by atoms with Crippen molar-refractivity contribution >= 4 is 35.0 Å². The van der Waals surface area contributed by atoms with Crippen LogP contribution in [0.1, 0.15) is 25.1 Å². The molecule has 1 aromatic heterocycles. The highest BCUT2D eigenvalue weighted by Crippen LogP contribution is 2.21.